The van der Waals surface area contributed by atoms with Crippen LogP contribution in [0.3, 0.4) is 0 Å². The Morgan fingerprint density at radius 1 is 1.09 bits per heavy atom. The van der Waals surface area contributed by atoms with Gasteiger partial charge in [-0.25, -0.2) is 0 Å². The third kappa shape index (κ3) is 2.53. The fraction of sp³-hybridized carbons (Fsp3) is 0.0588. The number of hydrogen-bond donors (Lipinski definition) is 0. The molecule has 0 fully saturated rings. The SMILES string of the molecule is Cc1ccc(/C=c2/sc3nc(-c4ccncc4)nn3c2=O)cc1. The first-order valence-corrected chi connectivity index (χ1v) is 7.91. The second-order valence-electron chi connectivity index (χ2n) is 5.19. The van der Waals surface area contributed by atoms with Gasteiger partial charge in [-0.1, -0.05) is 41.2 Å². The average Bonchev–Trinajstić information content (AvgIpc) is 3.11. The molecule has 0 N–H and O–H groups in total. The zero-order valence-electron chi connectivity index (χ0n) is 12.3. The van der Waals surface area contributed by atoms with Crippen LogP contribution in [0.15, 0.2) is 53.6 Å². The van der Waals surface area contributed by atoms with Crippen molar-refractivity contribution in [1.82, 2.24) is 19.6 Å². The smallest absolute Gasteiger partial charge is 0.266 e. The van der Waals surface area contributed by atoms with Gasteiger partial charge in [0.25, 0.3) is 5.56 Å². The minimum absolute atomic E-state index is 0.140. The molecule has 0 radical (unpaired) electrons. The van der Waals surface area contributed by atoms with Gasteiger partial charge in [0.2, 0.25) is 4.96 Å². The maximum absolute atomic E-state index is 12.5. The van der Waals surface area contributed by atoms with Crippen molar-refractivity contribution < 1.29 is 0 Å². The molecule has 4 aromatic rings. The Hall–Kier alpha value is -2.86. The zero-order valence-corrected chi connectivity index (χ0v) is 13.1. The lowest BCUT2D eigenvalue weighted by Gasteiger charge is -1.93. The van der Waals surface area contributed by atoms with E-state index in [-0.39, 0.29) is 5.56 Å². The summed E-state index contributed by atoms with van der Waals surface area (Å²) in [6, 6.07) is 11.7. The number of aryl methyl sites for hydroxylation is 1. The van der Waals surface area contributed by atoms with Gasteiger partial charge in [-0.2, -0.15) is 9.50 Å². The van der Waals surface area contributed by atoms with E-state index in [9.17, 15) is 4.79 Å². The van der Waals surface area contributed by atoms with E-state index in [1.54, 1.807) is 12.4 Å². The second-order valence-corrected chi connectivity index (χ2v) is 6.20. The van der Waals surface area contributed by atoms with Gasteiger partial charge in [0.1, 0.15) is 0 Å². The number of aromatic nitrogens is 4. The molecule has 4 rings (SSSR count). The number of thiazole rings is 1. The van der Waals surface area contributed by atoms with Crippen molar-refractivity contribution in [3.63, 3.8) is 0 Å². The number of pyridine rings is 1. The van der Waals surface area contributed by atoms with Crippen molar-refractivity contribution >= 4 is 22.4 Å². The molecular formula is C17H12N4OS. The number of benzene rings is 1. The van der Waals surface area contributed by atoms with Crippen LogP contribution in [-0.4, -0.2) is 19.6 Å². The summed E-state index contributed by atoms with van der Waals surface area (Å²) in [4.78, 5) is 21.5. The highest BCUT2D eigenvalue weighted by molar-refractivity contribution is 7.15. The third-order valence-electron chi connectivity index (χ3n) is 3.50. The molecule has 112 valence electrons. The monoisotopic (exact) mass is 320 g/mol. The molecule has 5 nitrogen and oxygen atoms in total. The summed E-state index contributed by atoms with van der Waals surface area (Å²) < 4.78 is 1.99. The molecule has 0 aliphatic heterocycles. The highest BCUT2D eigenvalue weighted by Gasteiger charge is 2.11. The molecule has 0 unspecified atom stereocenters. The molecular weight excluding hydrogens is 308 g/mol. The first kappa shape index (κ1) is 13.8. The summed E-state index contributed by atoms with van der Waals surface area (Å²) in [6.07, 6.45) is 5.23. The number of rotatable bonds is 2. The van der Waals surface area contributed by atoms with E-state index >= 15 is 0 Å². The van der Waals surface area contributed by atoms with Crippen LogP contribution in [0.2, 0.25) is 0 Å². The van der Waals surface area contributed by atoms with E-state index in [1.165, 1.54) is 21.4 Å². The molecule has 3 aromatic heterocycles. The Balaban J connectivity index is 1.82. The van der Waals surface area contributed by atoms with E-state index < -0.39 is 0 Å². The van der Waals surface area contributed by atoms with E-state index in [0.29, 0.717) is 15.3 Å². The van der Waals surface area contributed by atoms with Gasteiger partial charge in [0.15, 0.2) is 5.82 Å². The van der Waals surface area contributed by atoms with Crippen LogP contribution in [-0.2, 0) is 0 Å². The van der Waals surface area contributed by atoms with Gasteiger partial charge >= 0.3 is 0 Å². The van der Waals surface area contributed by atoms with E-state index in [4.69, 9.17) is 0 Å². The minimum atomic E-state index is -0.140. The summed E-state index contributed by atoms with van der Waals surface area (Å²) in [5.41, 5.74) is 2.89. The lowest BCUT2D eigenvalue weighted by atomic mass is 10.1. The van der Waals surface area contributed by atoms with Crippen molar-refractivity contribution in [3.8, 4) is 11.4 Å². The van der Waals surface area contributed by atoms with Crippen LogP contribution in [0.4, 0.5) is 0 Å². The lowest BCUT2D eigenvalue weighted by Crippen LogP contribution is -2.23. The molecule has 0 aliphatic rings. The summed E-state index contributed by atoms with van der Waals surface area (Å²) in [6.45, 7) is 2.03. The number of fused-ring (bicyclic) bond motifs is 1. The Kier molecular flexibility index (Phi) is 3.24. The first-order valence-electron chi connectivity index (χ1n) is 7.09. The zero-order chi connectivity index (χ0) is 15.8. The fourth-order valence-corrected chi connectivity index (χ4v) is 3.18. The van der Waals surface area contributed by atoms with E-state index in [1.807, 2.05) is 49.4 Å². The number of nitrogens with zero attached hydrogens (tertiary/aromatic N) is 4. The highest BCUT2D eigenvalue weighted by Crippen LogP contribution is 2.15. The quantitative estimate of drug-likeness (QED) is 0.567. The molecule has 0 atom stereocenters. The van der Waals surface area contributed by atoms with Crippen molar-refractivity contribution in [2.24, 2.45) is 0 Å². The van der Waals surface area contributed by atoms with Crippen molar-refractivity contribution in [3.05, 3.63) is 74.8 Å². The van der Waals surface area contributed by atoms with Crippen molar-refractivity contribution in [2.45, 2.75) is 6.92 Å². The largest absolute Gasteiger partial charge is 0.291 e. The summed E-state index contributed by atoms with van der Waals surface area (Å²) in [5, 5.41) is 4.31. The predicted molar refractivity (Wildman–Crippen MR) is 90.3 cm³/mol. The molecule has 1 aromatic carbocycles. The average molecular weight is 320 g/mol. The third-order valence-corrected chi connectivity index (χ3v) is 4.45. The summed E-state index contributed by atoms with van der Waals surface area (Å²) in [7, 11) is 0. The highest BCUT2D eigenvalue weighted by atomic mass is 32.1. The van der Waals surface area contributed by atoms with Gasteiger partial charge in [-0.3, -0.25) is 9.78 Å². The van der Waals surface area contributed by atoms with E-state index in [0.717, 1.165) is 11.1 Å². The molecule has 0 amide bonds. The Morgan fingerprint density at radius 2 is 1.83 bits per heavy atom. The van der Waals surface area contributed by atoms with Crippen LogP contribution in [0.1, 0.15) is 11.1 Å². The van der Waals surface area contributed by atoms with Crippen molar-refractivity contribution in [2.75, 3.05) is 0 Å². The normalized spacial score (nSPS) is 12.1. The Bertz CT molecular complexity index is 1080. The van der Waals surface area contributed by atoms with Gasteiger partial charge in [0.05, 0.1) is 4.53 Å². The van der Waals surface area contributed by atoms with Crippen LogP contribution in [0, 0.1) is 6.92 Å². The predicted octanol–water partition coefficient (Wildman–Crippen LogP) is 2.07. The molecule has 0 saturated carbocycles. The molecule has 0 aliphatic carbocycles. The van der Waals surface area contributed by atoms with Crippen LogP contribution >= 0.6 is 11.3 Å². The van der Waals surface area contributed by atoms with Crippen LogP contribution in [0.5, 0.6) is 0 Å². The van der Waals surface area contributed by atoms with Gasteiger partial charge in [-0.05, 0) is 30.7 Å². The molecule has 0 spiro atoms. The molecule has 6 heteroatoms. The second kappa shape index (κ2) is 5.40. The molecule has 3 heterocycles. The van der Waals surface area contributed by atoms with Gasteiger partial charge in [-0.15, -0.1) is 5.10 Å². The van der Waals surface area contributed by atoms with Crippen LogP contribution < -0.4 is 10.1 Å². The van der Waals surface area contributed by atoms with Crippen LogP contribution in [0.25, 0.3) is 22.4 Å². The summed E-state index contributed by atoms with van der Waals surface area (Å²) in [5.74, 6) is 0.539. The first-order chi connectivity index (χ1) is 11.2. The van der Waals surface area contributed by atoms with Gasteiger partial charge in [0, 0.05) is 18.0 Å². The summed E-state index contributed by atoms with van der Waals surface area (Å²) >= 11 is 1.34. The van der Waals surface area contributed by atoms with E-state index in [2.05, 4.69) is 15.1 Å². The Labute approximate surface area is 135 Å². The maximum atomic E-state index is 12.5. The fourth-order valence-electron chi connectivity index (χ4n) is 2.27. The minimum Gasteiger partial charge on any atom is -0.266 e. The maximum Gasteiger partial charge on any atom is 0.291 e. The topological polar surface area (TPSA) is 60.1 Å². The van der Waals surface area contributed by atoms with Gasteiger partial charge < -0.3 is 0 Å². The molecule has 0 bridgehead atoms. The lowest BCUT2D eigenvalue weighted by molar-refractivity contribution is 0.936. The van der Waals surface area contributed by atoms with Crippen molar-refractivity contribution in [1.29, 1.82) is 0 Å². The molecule has 23 heavy (non-hydrogen) atoms. The standard InChI is InChI=1S/C17H12N4OS/c1-11-2-4-12(5-3-11)10-14-16(22)21-17(23-14)19-15(20-21)13-6-8-18-9-7-13/h2-10H,1H3/b14-10+. The Morgan fingerprint density at radius 3 is 2.52 bits per heavy atom. The number of hydrogen-bond acceptors (Lipinski definition) is 5. The molecule has 0 saturated heterocycles.